The highest BCUT2D eigenvalue weighted by Gasteiger charge is 2.31. The van der Waals surface area contributed by atoms with Crippen molar-refractivity contribution in [3.05, 3.63) is 70.2 Å². The second kappa shape index (κ2) is 9.38. The van der Waals surface area contributed by atoms with E-state index in [9.17, 15) is 13.2 Å². The zero-order valence-electron chi connectivity index (χ0n) is 17.7. The molecule has 3 rings (SSSR count). The number of carbonyl (C=O) groups excluding carboxylic acids is 1. The van der Waals surface area contributed by atoms with Crippen molar-refractivity contribution in [1.29, 1.82) is 0 Å². The van der Waals surface area contributed by atoms with Crippen LogP contribution in [0.1, 0.15) is 25.1 Å². The number of hydrogen-bond donors (Lipinski definition) is 0. The first-order valence-electron chi connectivity index (χ1n) is 9.68. The number of sulfonamides is 1. The van der Waals surface area contributed by atoms with Gasteiger partial charge in [-0.15, -0.1) is 11.3 Å². The van der Waals surface area contributed by atoms with Gasteiger partial charge in [0.1, 0.15) is 0 Å². The van der Waals surface area contributed by atoms with Gasteiger partial charge in [-0.05, 0) is 50.6 Å². The molecule has 0 aliphatic heterocycles. The lowest BCUT2D eigenvalue weighted by Crippen LogP contribution is -2.34. The van der Waals surface area contributed by atoms with E-state index in [0.29, 0.717) is 22.0 Å². The van der Waals surface area contributed by atoms with Crippen LogP contribution >= 0.6 is 22.9 Å². The lowest BCUT2D eigenvalue weighted by Gasteiger charge is -2.23. The van der Waals surface area contributed by atoms with Gasteiger partial charge in [0.2, 0.25) is 11.0 Å². The van der Waals surface area contributed by atoms with E-state index in [0.717, 1.165) is 0 Å². The molecule has 0 aliphatic rings. The maximum absolute atomic E-state index is 13.7. The van der Waals surface area contributed by atoms with Gasteiger partial charge in [-0.1, -0.05) is 35.9 Å². The third-order valence-electron chi connectivity index (χ3n) is 4.94. The molecule has 0 spiro atoms. The first kappa shape index (κ1) is 23.2. The van der Waals surface area contributed by atoms with E-state index < -0.39 is 10.0 Å². The molecule has 1 amide bonds. The van der Waals surface area contributed by atoms with E-state index in [2.05, 4.69) is 4.98 Å². The summed E-state index contributed by atoms with van der Waals surface area (Å²) < 4.78 is 28.6. The van der Waals surface area contributed by atoms with Crippen molar-refractivity contribution in [3.8, 4) is 0 Å². The summed E-state index contributed by atoms with van der Waals surface area (Å²) in [6.07, 6.45) is 0.101. The minimum absolute atomic E-state index is 0.0672. The smallest absolute Gasteiger partial charge is 0.270 e. The minimum atomic E-state index is -4.00. The molecule has 0 saturated carbocycles. The van der Waals surface area contributed by atoms with Crippen molar-refractivity contribution in [2.45, 2.75) is 38.1 Å². The first-order chi connectivity index (χ1) is 14.6. The van der Waals surface area contributed by atoms with Crippen LogP contribution in [0.2, 0.25) is 5.02 Å². The Balaban J connectivity index is 2.05. The molecular formula is C22H24ClN3O3S2. The van der Waals surface area contributed by atoms with Crippen molar-refractivity contribution in [3.63, 3.8) is 0 Å². The molecule has 0 radical (unpaired) electrons. The molecular weight excluding hydrogens is 454 g/mol. The fourth-order valence-corrected chi connectivity index (χ4v) is 5.91. The summed E-state index contributed by atoms with van der Waals surface area (Å²) >= 11 is 7.37. The summed E-state index contributed by atoms with van der Waals surface area (Å²) in [6.45, 7) is 5.54. The monoisotopic (exact) mass is 477 g/mol. The highest BCUT2D eigenvalue weighted by molar-refractivity contribution is 7.93. The normalized spacial score (nSPS) is 11.5. The number of carbonyl (C=O) groups is 1. The summed E-state index contributed by atoms with van der Waals surface area (Å²) in [5.41, 5.74) is 1.44. The lowest BCUT2D eigenvalue weighted by atomic mass is 10.2. The number of para-hydroxylation sites is 1. The second-order valence-corrected chi connectivity index (χ2v) is 10.4. The zero-order chi connectivity index (χ0) is 22.8. The average molecular weight is 478 g/mol. The van der Waals surface area contributed by atoms with Crippen LogP contribution in [0.25, 0.3) is 0 Å². The molecule has 0 unspecified atom stereocenters. The number of benzene rings is 2. The van der Waals surface area contributed by atoms with E-state index in [4.69, 9.17) is 11.6 Å². The van der Waals surface area contributed by atoms with Crippen LogP contribution in [0.3, 0.4) is 0 Å². The molecule has 0 aliphatic carbocycles. The van der Waals surface area contributed by atoms with E-state index in [1.54, 1.807) is 60.6 Å². The number of nitrogens with zero attached hydrogens (tertiary/aromatic N) is 3. The maximum atomic E-state index is 13.7. The summed E-state index contributed by atoms with van der Waals surface area (Å²) in [5.74, 6) is -0.0772. The molecule has 1 aromatic heterocycles. The summed E-state index contributed by atoms with van der Waals surface area (Å²) in [5, 5.41) is 2.36. The number of rotatable bonds is 7. The van der Waals surface area contributed by atoms with Crippen molar-refractivity contribution >= 4 is 49.7 Å². The minimum Gasteiger partial charge on any atom is -0.343 e. The molecule has 2 aromatic carbocycles. The quantitative estimate of drug-likeness (QED) is 0.478. The summed E-state index contributed by atoms with van der Waals surface area (Å²) in [7, 11) is -2.26. The van der Waals surface area contributed by atoms with Gasteiger partial charge < -0.3 is 4.90 Å². The van der Waals surface area contributed by atoms with Crippen molar-refractivity contribution in [2.75, 3.05) is 11.4 Å². The van der Waals surface area contributed by atoms with Crippen molar-refractivity contribution in [1.82, 2.24) is 9.88 Å². The number of thiazole rings is 1. The second-order valence-electron chi connectivity index (χ2n) is 7.36. The Labute approximate surface area is 192 Å². The number of halogens is 1. The van der Waals surface area contributed by atoms with Crippen LogP contribution in [-0.4, -0.2) is 37.3 Å². The van der Waals surface area contributed by atoms with Crippen LogP contribution in [0.5, 0.6) is 0 Å². The van der Waals surface area contributed by atoms with Gasteiger partial charge in [-0.3, -0.25) is 4.79 Å². The Morgan fingerprint density at radius 1 is 1.13 bits per heavy atom. The van der Waals surface area contributed by atoms with Crippen molar-refractivity contribution in [2.24, 2.45) is 0 Å². The molecule has 0 saturated heterocycles. The fraction of sp³-hybridized carbons (Fsp3) is 0.273. The van der Waals surface area contributed by atoms with Gasteiger partial charge in [0.15, 0.2) is 0 Å². The third-order valence-corrected chi connectivity index (χ3v) is 8.20. The van der Waals surface area contributed by atoms with Gasteiger partial charge in [0, 0.05) is 23.5 Å². The van der Waals surface area contributed by atoms with Crippen molar-refractivity contribution < 1.29 is 13.2 Å². The summed E-state index contributed by atoms with van der Waals surface area (Å²) in [6, 6.07) is 13.6. The van der Waals surface area contributed by atoms with E-state index >= 15 is 0 Å². The fourth-order valence-electron chi connectivity index (χ4n) is 2.92. The molecule has 6 nitrogen and oxygen atoms in total. The molecule has 164 valence electrons. The topological polar surface area (TPSA) is 70.6 Å². The van der Waals surface area contributed by atoms with Crippen LogP contribution in [-0.2, 0) is 21.2 Å². The molecule has 1 heterocycles. The molecule has 0 N–H and O–H groups in total. The van der Waals surface area contributed by atoms with Gasteiger partial charge in [0.25, 0.3) is 10.0 Å². The molecule has 31 heavy (non-hydrogen) atoms. The standard InChI is InChI=1S/C22H24ClN3O3S2/c1-15(2)25(4)21(27)13-17-14-30-22(24-17)26(18-9-6-5-7-10-18)31(28,29)20-12-8-11-19(23)16(20)3/h5-12,14-15H,13H2,1-4H3. The molecule has 0 bridgehead atoms. The first-order valence-corrected chi connectivity index (χ1v) is 12.4. The summed E-state index contributed by atoms with van der Waals surface area (Å²) in [4.78, 5) is 18.7. The molecule has 0 fully saturated rings. The Kier molecular flexibility index (Phi) is 7.03. The zero-order valence-corrected chi connectivity index (χ0v) is 20.1. The van der Waals surface area contributed by atoms with Gasteiger partial charge in [0.05, 0.1) is 22.7 Å². The van der Waals surface area contributed by atoms with Crippen LogP contribution in [0.4, 0.5) is 10.8 Å². The van der Waals surface area contributed by atoms with E-state index in [1.807, 2.05) is 19.9 Å². The molecule has 0 atom stereocenters. The average Bonchev–Trinajstić information content (AvgIpc) is 3.17. The molecule has 9 heteroatoms. The van der Waals surface area contributed by atoms with E-state index in [-0.39, 0.29) is 28.4 Å². The van der Waals surface area contributed by atoms with Crippen LogP contribution in [0, 0.1) is 6.92 Å². The Bertz CT molecular complexity index is 1180. The van der Waals surface area contributed by atoms with Crippen LogP contribution < -0.4 is 4.31 Å². The van der Waals surface area contributed by atoms with Crippen LogP contribution in [0.15, 0.2) is 58.8 Å². The number of amides is 1. The highest BCUT2D eigenvalue weighted by atomic mass is 35.5. The van der Waals surface area contributed by atoms with Gasteiger partial charge in [-0.2, -0.15) is 0 Å². The lowest BCUT2D eigenvalue weighted by molar-refractivity contribution is -0.130. The van der Waals surface area contributed by atoms with Gasteiger partial charge >= 0.3 is 0 Å². The Morgan fingerprint density at radius 3 is 2.45 bits per heavy atom. The predicted octanol–water partition coefficient (Wildman–Crippen LogP) is 5.04. The SMILES string of the molecule is Cc1c(Cl)cccc1S(=O)(=O)N(c1ccccc1)c1nc(CC(=O)N(C)C(C)C)cs1. The number of aromatic nitrogens is 1. The predicted molar refractivity (Wildman–Crippen MR) is 126 cm³/mol. The molecule has 3 aromatic rings. The largest absolute Gasteiger partial charge is 0.343 e. The third kappa shape index (κ3) is 4.92. The maximum Gasteiger partial charge on any atom is 0.270 e. The van der Waals surface area contributed by atoms with E-state index in [1.165, 1.54) is 21.7 Å². The number of hydrogen-bond acceptors (Lipinski definition) is 5. The number of likely N-dealkylation sites (N-methyl/N-ethyl adjacent to an activating group) is 1. The Hall–Kier alpha value is -2.42. The highest BCUT2D eigenvalue weighted by Crippen LogP contribution is 2.36. The Morgan fingerprint density at radius 2 is 1.81 bits per heavy atom. The van der Waals surface area contributed by atoms with Gasteiger partial charge in [-0.25, -0.2) is 17.7 Å². The number of anilines is 2.